The number of benzene rings is 2. The Kier molecular flexibility index (Phi) is 5.59. The number of rotatable bonds is 4. The molecule has 2 atom stereocenters. The van der Waals surface area contributed by atoms with Crippen molar-refractivity contribution in [3.63, 3.8) is 0 Å². The van der Waals surface area contributed by atoms with E-state index in [9.17, 15) is 13.2 Å². The number of carbonyl (C=O) groups is 1. The summed E-state index contributed by atoms with van der Waals surface area (Å²) >= 11 is 0. The molecule has 6 nitrogen and oxygen atoms in total. The minimum atomic E-state index is -3.83. The summed E-state index contributed by atoms with van der Waals surface area (Å²) in [6.45, 7) is 7.45. The number of carbonyl (C=O) groups excluding carboxylic acids is 1. The van der Waals surface area contributed by atoms with Gasteiger partial charge in [0.05, 0.1) is 24.5 Å². The molecule has 2 aromatic carbocycles. The molecule has 0 aromatic heterocycles. The third-order valence-electron chi connectivity index (χ3n) is 4.81. The fraction of sp³-hybridized carbons (Fsp3) is 0.300. The van der Waals surface area contributed by atoms with Crippen LogP contribution in [-0.2, 0) is 19.6 Å². The molecule has 0 aliphatic carbocycles. The van der Waals surface area contributed by atoms with Gasteiger partial charge in [-0.2, -0.15) is 4.31 Å². The minimum absolute atomic E-state index is 0.0633. The summed E-state index contributed by atoms with van der Waals surface area (Å²) < 4.78 is 32.5. The second kappa shape index (κ2) is 7.91. The maximum atomic E-state index is 13.2. The van der Waals surface area contributed by atoms with Gasteiger partial charge in [0.2, 0.25) is 10.0 Å². The number of hydrogen-bond acceptors (Lipinski definition) is 4. The number of nitrogens with zero attached hydrogens (tertiary/aromatic N) is 2. The average molecular weight is 384 g/mol. The molecule has 1 aliphatic rings. The van der Waals surface area contributed by atoms with E-state index in [1.165, 1.54) is 23.5 Å². The maximum absolute atomic E-state index is 13.2. The molecule has 2 aromatic rings. The zero-order valence-corrected chi connectivity index (χ0v) is 15.7. The summed E-state index contributed by atoms with van der Waals surface area (Å²) in [4.78, 5) is 15.5. The molecule has 1 aliphatic heterocycles. The molecule has 0 spiro atoms. The van der Waals surface area contributed by atoms with Gasteiger partial charge < -0.3 is 4.74 Å². The predicted octanol–water partition coefficient (Wildman–Crippen LogP) is 3.20. The van der Waals surface area contributed by atoms with Crippen molar-refractivity contribution in [2.75, 3.05) is 20.2 Å². The first kappa shape index (κ1) is 19.1. The third-order valence-corrected chi connectivity index (χ3v) is 6.63. The number of hydrogen-bond donors (Lipinski definition) is 0. The zero-order valence-electron chi connectivity index (χ0n) is 14.9. The molecule has 27 heavy (non-hydrogen) atoms. The number of piperidine rings is 1. The lowest BCUT2D eigenvalue weighted by atomic mass is 9.85. The second-order valence-corrected chi connectivity index (χ2v) is 8.43. The Balaban J connectivity index is 1.97. The van der Waals surface area contributed by atoms with Crippen LogP contribution in [0.5, 0.6) is 0 Å². The largest absolute Gasteiger partial charge is 0.469 e. The molecule has 0 saturated carbocycles. The second-order valence-electron chi connectivity index (χ2n) is 6.49. The van der Waals surface area contributed by atoms with E-state index in [2.05, 4.69) is 4.85 Å². The fourth-order valence-electron chi connectivity index (χ4n) is 3.42. The molecule has 1 fully saturated rings. The van der Waals surface area contributed by atoms with Crippen molar-refractivity contribution in [1.82, 2.24) is 4.31 Å². The van der Waals surface area contributed by atoms with Crippen LogP contribution in [0.4, 0.5) is 5.69 Å². The summed E-state index contributed by atoms with van der Waals surface area (Å²) in [6, 6.07) is 15.5. The monoisotopic (exact) mass is 384 g/mol. The number of ether oxygens (including phenoxy) is 1. The van der Waals surface area contributed by atoms with Crippen molar-refractivity contribution in [3.8, 4) is 0 Å². The van der Waals surface area contributed by atoms with Crippen molar-refractivity contribution in [3.05, 3.63) is 71.6 Å². The Morgan fingerprint density at radius 3 is 2.56 bits per heavy atom. The van der Waals surface area contributed by atoms with Crippen molar-refractivity contribution in [1.29, 1.82) is 0 Å². The molecule has 7 heteroatoms. The molecule has 0 amide bonds. The van der Waals surface area contributed by atoms with Crippen LogP contribution in [0.25, 0.3) is 4.85 Å². The van der Waals surface area contributed by atoms with E-state index < -0.39 is 21.9 Å². The molecular weight excluding hydrogens is 364 g/mol. The van der Waals surface area contributed by atoms with Crippen molar-refractivity contribution in [2.45, 2.75) is 17.2 Å². The van der Waals surface area contributed by atoms with Gasteiger partial charge in [0.1, 0.15) is 0 Å². The molecule has 3 rings (SSSR count). The van der Waals surface area contributed by atoms with Gasteiger partial charge in [0.25, 0.3) is 0 Å². The molecule has 1 heterocycles. The lowest BCUT2D eigenvalue weighted by Gasteiger charge is -2.36. The number of esters is 1. The van der Waals surface area contributed by atoms with Gasteiger partial charge in [-0.15, -0.1) is 0 Å². The highest BCUT2D eigenvalue weighted by atomic mass is 32.2. The van der Waals surface area contributed by atoms with Gasteiger partial charge in [-0.05, 0) is 30.0 Å². The third kappa shape index (κ3) is 4.02. The number of sulfonamides is 1. The van der Waals surface area contributed by atoms with Crippen LogP contribution in [-0.4, -0.2) is 38.9 Å². The average Bonchev–Trinajstić information content (AvgIpc) is 2.73. The molecule has 0 radical (unpaired) electrons. The first-order chi connectivity index (χ1) is 13.0. The van der Waals surface area contributed by atoms with Crippen LogP contribution in [0.3, 0.4) is 0 Å². The van der Waals surface area contributed by atoms with Gasteiger partial charge in [-0.3, -0.25) is 4.79 Å². The van der Waals surface area contributed by atoms with E-state index in [0.717, 1.165) is 5.56 Å². The Labute approximate surface area is 159 Å². The van der Waals surface area contributed by atoms with Crippen LogP contribution < -0.4 is 0 Å². The first-order valence-corrected chi connectivity index (χ1v) is 10.00. The quantitative estimate of drug-likeness (QED) is 0.600. The van der Waals surface area contributed by atoms with Crippen LogP contribution >= 0.6 is 0 Å². The van der Waals surface area contributed by atoms with Crippen LogP contribution in [0, 0.1) is 12.5 Å². The Hall–Kier alpha value is -2.69. The molecule has 140 valence electrons. The minimum Gasteiger partial charge on any atom is -0.469 e. The maximum Gasteiger partial charge on any atom is 0.310 e. The van der Waals surface area contributed by atoms with E-state index in [4.69, 9.17) is 11.3 Å². The Bertz CT molecular complexity index is 967. The van der Waals surface area contributed by atoms with E-state index in [0.29, 0.717) is 6.42 Å². The van der Waals surface area contributed by atoms with E-state index in [-0.39, 0.29) is 29.6 Å². The van der Waals surface area contributed by atoms with Crippen molar-refractivity contribution >= 4 is 21.7 Å². The summed E-state index contributed by atoms with van der Waals surface area (Å²) in [7, 11) is -2.52. The highest BCUT2D eigenvalue weighted by Crippen LogP contribution is 2.34. The van der Waals surface area contributed by atoms with E-state index >= 15 is 0 Å². The van der Waals surface area contributed by atoms with Gasteiger partial charge in [0, 0.05) is 13.1 Å². The summed E-state index contributed by atoms with van der Waals surface area (Å²) in [5.74, 6) is -1.05. The zero-order chi connectivity index (χ0) is 19.4. The van der Waals surface area contributed by atoms with Gasteiger partial charge in [-0.1, -0.05) is 42.5 Å². The fourth-order valence-corrected chi connectivity index (χ4v) is 4.99. The topological polar surface area (TPSA) is 68.0 Å². The van der Waals surface area contributed by atoms with Crippen LogP contribution in [0.1, 0.15) is 17.9 Å². The van der Waals surface area contributed by atoms with Gasteiger partial charge in [-0.25, -0.2) is 13.3 Å². The molecule has 0 bridgehead atoms. The van der Waals surface area contributed by atoms with Crippen molar-refractivity contribution in [2.24, 2.45) is 5.92 Å². The SMILES string of the molecule is [C-]#[N+]c1cccc(S(=O)(=O)N2CC(C(=O)OC)CC(c3ccccc3)C2)c1. The molecular formula is C20H20N2O4S. The smallest absolute Gasteiger partial charge is 0.310 e. The first-order valence-electron chi connectivity index (χ1n) is 8.56. The highest BCUT2D eigenvalue weighted by Gasteiger charge is 2.38. The molecule has 2 unspecified atom stereocenters. The standard InChI is InChI=1S/C20H20N2O4S/c1-21-18-9-6-10-19(12-18)27(24,25)22-13-16(15-7-4-3-5-8-15)11-17(14-22)20(23)26-2/h3-10,12,16-17H,11,13-14H2,2H3. The van der Waals surface area contributed by atoms with Crippen LogP contribution in [0.2, 0.25) is 0 Å². The highest BCUT2D eigenvalue weighted by molar-refractivity contribution is 7.89. The lowest BCUT2D eigenvalue weighted by molar-refractivity contribution is -0.146. The van der Waals surface area contributed by atoms with E-state index in [1.807, 2.05) is 30.3 Å². The number of methoxy groups -OCH3 is 1. The normalized spacial score (nSPS) is 20.6. The summed E-state index contributed by atoms with van der Waals surface area (Å²) in [6.07, 6.45) is 0.533. The summed E-state index contributed by atoms with van der Waals surface area (Å²) in [5.41, 5.74) is 1.25. The van der Waals surface area contributed by atoms with Crippen molar-refractivity contribution < 1.29 is 17.9 Å². The molecule has 0 N–H and O–H groups in total. The molecule has 1 saturated heterocycles. The van der Waals surface area contributed by atoms with E-state index in [1.54, 1.807) is 12.1 Å². The predicted molar refractivity (Wildman–Crippen MR) is 101 cm³/mol. The Morgan fingerprint density at radius 2 is 1.89 bits per heavy atom. The Morgan fingerprint density at radius 1 is 1.15 bits per heavy atom. The van der Waals surface area contributed by atoms with Gasteiger partial charge >= 0.3 is 5.97 Å². The summed E-state index contributed by atoms with van der Waals surface area (Å²) in [5, 5.41) is 0. The van der Waals surface area contributed by atoms with Crippen LogP contribution in [0.15, 0.2) is 59.5 Å². The lowest BCUT2D eigenvalue weighted by Crippen LogP contribution is -2.45. The van der Waals surface area contributed by atoms with Gasteiger partial charge in [0.15, 0.2) is 5.69 Å².